The Kier molecular flexibility index (Phi) is 8.49. The Balaban J connectivity index is 1.76. The predicted octanol–water partition coefficient (Wildman–Crippen LogP) is 5.53. The molecule has 0 bridgehead atoms. The topological polar surface area (TPSA) is 100 Å². The Morgan fingerprint density at radius 1 is 1.00 bits per heavy atom. The van der Waals surface area contributed by atoms with Crippen LogP contribution in [-0.2, 0) is 9.59 Å². The third kappa shape index (κ3) is 6.85. The molecule has 0 aliphatic rings. The maximum atomic E-state index is 12.8. The van der Waals surface area contributed by atoms with Gasteiger partial charge in [0, 0.05) is 16.3 Å². The summed E-state index contributed by atoms with van der Waals surface area (Å²) in [5.41, 5.74) is 3.30. The number of aryl methyl sites for hydroxylation is 2. The van der Waals surface area contributed by atoms with Crippen molar-refractivity contribution >= 4 is 40.9 Å². The molecule has 3 rings (SSSR count). The molecule has 7 nitrogen and oxygen atoms in total. The Morgan fingerprint density at radius 3 is 2.49 bits per heavy atom. The van der Waals surface area contributed by atoms with Crippen LogP contribution in [0.25, 0.3) is 6.08 Å². The second-order valence-corrected chi connectivity index (χ2v) is 8.10. The minimum absolute atomic E-state index is 0.143. The average molecular weight is 490 g/mol. The summed E-state index contributed by atoms with van der Waals surface area (Å²) in [5.74, 6) is -0.173. The number of carbonyl (C=O) groups excluding carboxylic acids is 2. The summed E-state index contributed by atoms with van der Waals surface area (Å²) < 4.78 is 10.9. The van der Waals surface area contributed by atoms with Crippen molar-refractivity contribution in [3.8, 4) is 17.6 Å². The van der Waals surface area contributed by atoms with Gasteiger partial charge in [-0.25, -0.2) is 0 Å². The van der Waals surface area contributed by atoms with Crippen molar-refractivity contribution in [1.29, 1.82) is 5.26 Å². The third-order valence-corrected chi connectivity index (χ3v) is 5.24. The van der Waals surface area contributed by atoms with Crippen LogP contribution in [-0.4, -0.2) is 25.5 Å². The van der Waals surface area contributed by atoms with Crippen LogP contribution < -0.4 is 20.1 Å². The van der Waals surface area contributed by atoms with Crippen LogP contribution in [0.5, 0.6) is 11.5 Å². The summed E-state index contributed by atoms with van der Waals surface area (Å²) in [5, 5.41) is 15.5. The largest absolute Gasteiger partial charge is 0.495 e. The maximum absolute atomic E-state index is 12.8. The summed E-state index contributed by atoms with van der Waals surface area (Å²) in [7, 11) is 1.51. The number of nitriles is 1. The van der Waals surface area contributed by atoms with Crippen molar-refractivity contribution < 1.29 is 19.1 Å². The van der Waals surface area contributed by atoms with E-state index in [-0.39, 0.29) is 17.9 Å². The van der Waals surface area contributed by atoms with Crippen LogP contribution in [0.15, 0.2) is 66.2 Å². The van der Waals surface area contributed by atoms with E-state index in [4.69, 9.17) is 21.1 Å². The van der Waals surface area contributed by atoms with Gasteiger partial charge in [0.05, 0.1) is 12.8 Å². The molecule has 0 spiro atoms. The molecule has 178 valence electrons. The molecule has 2 N–H and O–H groups in total. The van der Waals surface area contributed by atoms with Gasteiger partial charge < -0.3 is 20.1 Å². The molecule has 0 fully saturated rings. The fraction of sp³-hybridized carbons (Fsp3) is 0.148. The molecule has 0 saturated heterocycles. The van der Waals surface area contributed by atoms with Gasteiger partial charge in [-0.3, -0.25) is 9.59 Å². The quantitative estimate of drug-likeness (QED) is 0.320. The smallest absolute Gasteiger partial charge is 0.266 e. The zero-order valence-corrected chi connectivity index (χ0v) is 20.3. The van der Waals surface area contributed by atoms with Crippen molar-refractivity contribution in [3.05, 3.63) is 87.9 Å². The molecule has 0 atom stereocenters. The second kappa shape index (κ2) is 11.7. The van der Waals surface area contributed by atoms with Crippen LogP contribution in [0.4, 0.5) is 11.4 Å². The number of anilines is 2. The van der Waals surface area contributed by atoms with Crippen LogP contribution in [0.2, 0.25) is 5.02 Å². The first kappa shape index (κ1) is 25.3. The molecule has 0 radical (unpaired) electrons. The predicted molar refractivity (Wildman–Crippen MR) is 137 cm³/mol. The molecular formula is C27H24ClN3O4. The lowest BCUT2D eigenvalue weighted by molar-refractivity contribution is -0.118. The number of nitrogens with zero attached hydrogens (tertiary/aromatic N) is 1. The standard InChI is InChI=1S/C27H24ClN3O4/c1-17-8-10-22(18(2)12-17)31-27(33)20(15-29)13-19-14-21(28)9-11-24(19)35-16-26(32)30-23-6-4-5-7-25(23)34-3/h4-14H,16H2,1-3H3,(H,30,32)(H,31,33)/b20-13+. The van der Waals surface area contributed by atoms with E-state index in [9.17, 15) is 14.9 Å². The van der Waals surface area contributed by atoms with Crippen LogP contribution in [0.1, 0.15) is 16.7 Å². The van der Waals surface area contributed by atoms with E-state index in [1.54, 1.807) is 48.5 Å². The number of carbonyl (C=O) groups is 2. The summed E-state index contributed by atoms with van der Waals surface area (Å²) >= 11 is 6.13. The highest BCUT2D eigenvalue weighted by molar-refractivity contribution is 6.30. The first-order chi connectivity index (χ1) is 16.8. The van der Waals surface area contributed by atoms with Gasteiger partial charge in [0.15, 0.2) is 6.61 Å². The lowest BCUT2D eigenvalue weighted by atomic mass is 10.1. The molecule has 35 heavy (non-hydrogen) atoms. The number of methoxy groups -OCH3 is 1. The lowest BCUT2D eigenvalue weighted by Crippen LogP contribution is -2.20. The van der Waals surface area contributed by atoms with Crippen molar-refractivity contribution in [2.24, 2.45) is 0 Å². The van der Waals surface area contributed by atoms with Crippen molar-refractivity contribution in [3.63, 3.8) is 0 Å². The molecular weight excluding hydrogens is 466 g/mol. The minimum atomic E-state index is -0.570. The number of hydrogen-bond donors (Lipinski definition) is 2. The van der Waals surface area contributed by atoms with E-state index in [1.165, 1.54) is 13.2 Å². The Morgan fingerprint density at radius 2 is 1.77 bits per heavy atom. The van der Waals surface area contributed by atoms with Crippen molar-refractivity contribution in [2.75, 3.05) is 24.4 Å². The number of para-hydroxylation sites is 2. The molecule has 3 aromatic carbocycles. The van der Waals surface area contributed by atoms with E-state index in [2.05, 4.69) is 10.6 Å². The van der Waals surface area contributed by atoms with E-state index in [0.29, 0.717) is 27.7 Å². The molecule has 3 aromatic rings. The fourth-order valence-electron chi connectivity index (χ4n) is 3.29. The molecule has 0 saturated carbocycles. The van der Waals surface area contributed by atoms with Gasteiger partial charge >= 0.3 is 0 Å². The van der Waals surface area contributed by atoms with Gasteiger partial charge in [-0.2, -0.15) is 5.26 Å². The highest BCUT2D eigenvalue weighted by atomic mass is 35.5. The normalized spacial score (nSPS) is 10.8. The van der Waals surface area contributed by atoms with Crippen LogP contribution in [0.3, 0.4) is 0 Å². The van der Waals surface area contributed by atoms with Crippen molar-refractivity contribution in [2.45, 2.75) is 13.8 Å². The van der Waals surface area contributed by atoms with Crippen LogP contribution >= 0.6 is 11.6 Å². The maximum Gasteiger partial charge on any atom is 0.266 e. The SMILES string of the molecule is COc1ccccc1NC(=O)COc1ccc(Cl)cc1/C=C(\C#N)C(=O)Nc1ccc(C)cc1C. The van der Waals surface area contributed by atoms with E-state index < -0.39 is 11.8 Å². The molecule has 0 aliphatic carbocycles. The van der Waals surface area contributed by atoms with Crippen LogP contribution in [0, 0.1) is 25.2 Å². The van der Waals surface area contributed by atoms with Gasteiger partial charge in [-0.05, 0) is 61.9 Å². The lowest BCUT2D eigenvalue weighted by Gasteiger charge is -2.12. The first-order valence-electron chi connectivity index (χ1n) is 10.7. The van der Waals surface area contributed by atoms with Gasteiger partial charge in [0.25, 0.3) is 11.8 Å². The summed E-state index contributed by atoms with van der Waals surface area (Å²) in [6, 6.07) is 19.2. The third-order valence-electron chi connectivity index (χ3n) is 5.01. The zero-order chi connectivity index (χ0) is 25.4. The van der Waals surface area contributed by atoms with Gasteiger partial charge in [-0.1, -0.05) is 41.4 Å². The molecule has 0 heterocycles. The fourth-order valence-corrected chi connectivity index (χ4v) is 3.47. The number of rotatable bonds is 8. The zero-order valence-electron chi connectivity index (χ0n) is 19.5. The molecule has 8 heteroatoms. The monoisotopic (exact) mass is 489 g/mol. The second-order valence-electron chi connectivity index (χ2n) is 7.66. The van der Waals surface area contributed by atoms with Gasteiger partial charge in [-0.15, -0.1) is 0 Å². The van der Waals surface area contributed by atoms with Gasteiger partial charge in [0.1, 0.15) is 23.1 Å². The first-order valence-corrected chi connectivity index (χ1v) is 11.0. The Hall–Kier alpha value is -4.28. The van der Waals surface area contributed by atoms with E-state index >= 15 is 0 Å². The highest BCUT2D eigenvalue weighted by Crippen LogP contribution is 2.27. The molecule has 0 aliphatic heterocycles. The molecule has 0 unspecified atom stereocenters. The number of amides is 2. The number of ether oxygens (including phenoxy) is 2. The Labute approximate surface area is 208 Å². The minimum Gasteiger partial charge on any atom is -0.495 e. The number of benzene rings is 3. The van der Waals surface area contributed by atoms with Gasteiger partial charge in [0.2, 0.25) is 0 Å². The summed E-state index contributed by atoms with van der Waals surface area (Å²) in [6.45, 7) is 3.52. The summed E-state index contributed by atoms with van der Waals surface area (Å²) in [4.78, 5) is 25.2. The van der Waals surface area contributed by atoms with Crippen molar-refractivity contribution in [1.82, 2.24) is 0 Å². The number of halogens is 1. The molecule has 0 aromatic heterocycles. The molecule has 2 amide bonds. The average Bonchev–Trinajstić information content (AvgIpc) is 2.84. The Bertz CT molecular complexity index is 1330. The number of nitrogens with one attached hydrogen (secondary N) is 2. The van der Waals surface area contributed by atoms with E-state index in [0.717, 1.165) is 11.1 Å². The van der Waals surface area contributed by atoms with E-state index in [1.807, 2.05) is 32.0 Å². The highest BCUT2D eigenvalue weighted by Gasteiger charge is 2.14. The summed E-state index contributed by atoms with van der Waals surface area (Å²) in [6.07, 6.45) is 1.37. The number of hydrogen-bond acceptors (Lipinski definition) is 5.